The smallest absolute Gasteiger partial charge is 0.323 e. The summed E-state index contributed by atoms with van der Waals surface area (Å²) in [6.45, 7) is 4.24. The van der Waals surface area contributed by atoms with E-state index in [9.17, 15) is 9.59 Å². The van der Waals surface area contributed by atoms with Crippen molar-refractivity contribution in [2.24, 2.45) is 11.1 Å². The highest BCUT2D eigenvalue weighted by molar-refractivity contribution is 6.02. The Hall–Kier alpha value is -1.88. The summed E-state index contributed by atoms with van der Waals surface area (Å²) in [5.74, 6) is 0.0388. The van der Waals surface area contributed by atoms with Crippen LogP contribution in [-0.2, 0) is 0 Å². The van der Waals surface area contributed by atoms with Gasteiger partial charge >= 0.3 is 5.69 Å². The second-order valence-corrected chi connectivity index (χ2v) is 5.09. The Balaban J connectivity index is 2.41. The number of nitrogens with two attached hydrogens (primary N) is 1. The second kappa shape index (κ2) is 4.42. The zero-order valence-electron chi connectivity index (χ0n) is 10.5. The van der Waals surface area contributed by atoms with Crippen LogP contribution in [0.3, 0.4) is 0 Å². The van der Waals surface area contributed by atoms with E-state index in [0.717, 1.165) is 0 Å². The van der Waals surface area contributed by atoms with Gasteiger partial charge in [0.25, 0.3) is 0 Å². The van der Waals surface area contributed by atoms with Crippen molar-refractivity contribution in [3.05, 3.63) is 34.2 Å². The van der Waals surface area contributed by atoms with Gasteiger partial charge in [-0.05, 0) is 31.2 Å². The SMILES string of the molecule is CC(C)(CCN)C(=O)c1ccc2[nH]c(=O)[nH]c2c1. The summed E-state index contributed by atoms with van der Waals surface area (Å²) >= 11 is 0. The molecule has 5 heteroatoms. The third-order valence-corrected chi connectivity index (χ3v) is 3.16. The van der Waals surface area contributed by atoms with Crippen LogP contribution in [0.4, 0.5) is 0 Å². The largest absolute Gasteiger partial charge is 0.330 e. The molecule has 1 aromatic carbocycles. The maximum absolute atomic E-state index is 12.3. The van der Waals surface area contributed by atoms with E-state index in [2.05, 4.69) is 9.97 Å². The van der Waals surface area contributed by atoms with E-state index in [4.69, 9.17) is 5.73 Å². The molecule has 0 unspecified atom stereocenters. The Morgan fingerprint density at radius 2 is 1.94 bits per heavy atom. The fourth-order valence-corrected chi connectivity index (χ4v) is 2.04. The lowest BCUT2D eigenvalue weighted by molar-refractivity contribution is 0.0829. The number of nitrogens with one attached hydrogen (secondary N) is 2. The highest BCUT2D eigenvalue weighted by Crippen LogP contribution is 2.26. The van der Waals surface area contributed by atoms with Crippen molar-refractivity contribution in [3.63, 3.8) is 0 Å². The fraction of sp³-hybridized carbons (Fsp3) is 0.385. The topological polar surface area (TPSA) is 91.7 Å². The Morgan fingerprint density at radius 3 is 2.61 bits per heavy atom. The Kier molecular flexibility index (Phi) is 3.09. The zero-order chi connectivity index (χ0) is 13.3. The number of rotatable bonds is 4. The van der Waals surface area contributed by atoms with Crippen LogP contribution in [0.25, 0.3) is 11.0 Å². The molecular formula is C13H17N3O2. The highest BCUT2D eigenvalue weighted by Gasteiger charge is 2.27. The fourth-order valence-electron chi connectivity index (χ4n) is 2.04. The molecule has 18 heavy (non-hydrogen) atoms. The minimum absolute atomic E-state index is 0.0388. The molecule has 4 N–H and O–H groups in total. The molecule has 0 atom stereocenters. The standard InChI is InChI=1S/C13H17N3O2/c1-13(2,5-6-14)11(17)8-3-4-9-10(7-8)16-12(18)15-9/h3-4,7H,5-6,14H2,1-2H3,(H2,15,16,18). The van der Waals surface area contributed by atoms with Crippen molar-refractivity contribution in [2.45, 2.75) is 20.3 Å². The maximum atomic E-state index is 12.3. The Morgan fingerprint density at radius 1 is 1.28 bits per heavy atom. The summed E-state index contributed by atoms with van der Waals surface area (Å²) in [4.78, 5) is 28.8. The summed E-state index contributed by atoms with van der Waals surface area (Å²) in [7, 11) is 0. The molecule has 0 bridgehead atoms. The minimum atomic E-state index is -0.487. The summed E-state index contributed by atoms with van der Waals surface area (Å²) < 4.78 is 0. The molecule has 2 aromatic rings. The van der Waals surface area contributed by atoms with Crippen molar-refractivity contribution >= 4 is 16.8 Å². The van der Waals surface area contributed by atoms with Crippen molar-refractivity contribution in [3.8, 4) is 0 Å². The molecular weight excluding hydrogens is 230 g/mol. The van der Waals surface area contributed by atoms with E-state index in [1.54, 1.807) is 18.2 Å². The first-order valence-corrected chi connectivity index (χ1v) is 5.91. The molecule has 0 aliphatic heterocycles. The van der Waals surface area contributed by atoms with Crippen LogP contribution in [0, 0.1) is 5.41 Å². The van der Waals surface area contributed by atoms with Crippen LogP contribution in [0.1, 0.15) is 30.6 Å². The van der Waals surface area contributed by atoms with Gasteiger partial charge in [0.1, 0.15) is 0 Å². The van der Waals surface area contributed by atoms with Gasteiger partial charge in [0.15, 0.2) is 5.78 Å². The van der Waals surface area contributed by atoms with E-state index in [1.165, 1.54) is 0 Å². The molecule has 0 amide bonds. The zero-order valence-corrected chi connectivity index (χ0v) is 10.5. The number of carbonyl (C=O) groups is 1. The predicted octanol–water partition coefficient (Wildman–Crippen LogP) is 1.41. The number of benzene rings is 1. The van der Waals surface area contributed by atoms with Gasteiger partial charge in [-0.15, -0.1) is 0 Å². The van der Waals surface area contributed by atoms with Gasteiger partial charge in [-0.3, -0.25) is 4.79 Å². The molecule has 0 saturated heterocycles. The molecule has 0 spiro atoms. The maximum Gasteiger partial charge on any atom is 0.323 e. The van der Waals surface area contributed by atoms with Crippen LogP contribution < -0.4 is 11.4 Å². The van der Waals surface area contributed by atoms with E-state index in [-0.39, 0.29) is 11.5 Å². The number of hydrogen-bond acceptors (Lipinski definition) is 3. The molecule has 1 heterocycles. The molecule has 5 nitrogen and oxygen atoms in total. The quantitative estimate of drug-likeness (QED) is 0.713. The molecule has 0 aliphatic carbocycles. The number of carbonyl (C=O) groups excluding carboxylic acids is 1. The molecule has 0 aliphatic rings. The number of hydrogen-bond donors (Lipinski definition) is 3. The number of Topliss-reactive ketones (excluding diaryl/α,β-unsaturated/α-hetero) is 1. The Labute approximate surface area is 104 Å². The summed E-state index contributed by atoms with van der Waals surface area (Å²) in [5, 5.41) is 0. The van der Waals surface area contributed by atoms with Crippen LogP contribution in [0.15, 0.2) is 23.0 Å². The van der Waals surface area contributed by atoms with Gasteiger partial charge in [0, 0.05) is 11.0 Å². The average molecular weight is 247 g/mol. The summed E-state index contributed by atoms with van der Waals surface area (Å²) in [5.41, 5.74) is 6.71. The highest BCUT2D eigenvalue weighted by atomic mass is 16.1. The third-order valence-electron chi connectivity index (χ3n) is 3.16. The van der Waals surface area contributed by atoms with Gasteiger partial charge in [0.05, 0.1) is 11.0 Å². The van der Waals surface area contributed by atoms with Crippen molar-refractivity contribution in [1.82, 2.24) is 9.97 Å². The van der Waals surface area contributed by atoms with Crippen LogP contribution in [0.5, 0.6) is 0 Å². The van der Waals surface area contributed by atoms with Crippen LogP contribution in [-0.4, -0.2) is 22.3 Å². The lowest BCUT2D eigenvalue weighted by Crippen LogP contribution is -2.27. The number of H-pyrrole nitrogens is 2. The first kappa shape index (κ1) is 12.6. The van der Waals surface area contributed by atoms with Crippen molar-refractivity contribution in [2.75, 3.05) is 6.54 Å². The van der Waals surface area contributed by atoms with E-state index in [0.29, 0.717) is 29.6 Å². The van der Waals surface area contributed by atoms with Gasteiger partial charge in [-0.25, -0.2) is 4.79 Å². The lowest BCUT2D eigenvalue weighted by Gasteiger charge is -2.22. The Bertz CT molecular complexity index is 637. The monoisotopic (exact) mass is 247 g/mol. The number of aromatic nitrogens is 2. The van der Waals surface area contributed by atoms with Gasteiger partial charge in [0.2, 0.25) is 0 Å². The van der Waals surface area contributed by atoms with Crippen molar-refractivity contribution < 1.29 is 4.79 Å². The van der Waals surface area contributed by atoms with E-state index < -0.39 is 5.41 Å². The second-order valence-electron chi connectivity index (χ2n) is 5.09. The summed E-state index contributed by atoms with van der Waals surface area (Å²) in [6.07, 6.45) is 0.632. The number of ketones is 1. The first-order valence-electron chi connectivity index (χ1n) is 5.91. The molecule has 2 rings (SSSR count). The third kappa shape index (κ3) is 2.22. The van der Waals surface area contributed by atoms with Crippen molar-refractivity contribution in [1.29, 1.82) is 0 Å². The van der Waals surface area contributed by atoms with Crippen LogP contribution in [0.2, 0.25) is 0 Å². The van der Waals surface area contributed by atoms with Gasteiger partial charge < -0.3 is 15.7 Å². The lowest BCUT2D eigenvalue weighted by atomic mass is 9.81. The average Bonchev–Trinajstić information content (AvgIpc) is 2.66. The number of aromatic amines is 2. The predicted molar refractivity (Wildman–Crippen MR) is 70.7 cm³/mol. The molecule has 0 radical (unpaired) electrons. The van der Waals surface area contributed by atoms with Crippen LogP contribution >= 0.6 is 0 Å². The first-order chi connectivity index (χ1) is 8.44. The molecule has 96 valence electrons. The molecule has 1 aromatic heterocycles. The molecule has 0 saturated carbocycles. The molecule has 0 fully saturated rings. The normalized spacial score (nSPS) is 11.9. The van der Waals surface area contributed by atoms with E-state index in [1.807, 2.05) is 13.8 Å². The van der Waals surface area contributed by atoms with E-state index >= 15 is 0 Å². The number of fused-ring (bicyclic) bond motifs is 1. The van der Waals surface area contributed by atoms with Gasteiger partial charge in [-0.1, -0.05) is 13.8 Å². The van der Waals surface area contributed by atoms with Gasteiger partial charge in [-0.2, -0.15) is 0 Å². The summed E-state index contributed by atoms with van der Waals surface area (Å²) in [6, 6.07) is 5.17. The number of imidazole rings is 1. The minimum Gasteiger partial charge on any atom is -0.330 e.